The Labute approximate surface area is 184 Å². The maximum Gasteiger partial charge on any atom is 0.232 e. The van der Waals surface area contributed by atoms with Crippen molar-refractivity contribution in [2.75, 3.05) is 41.3 Å². The van der Waals surface area contributed by atoms with E-state index < -0.39 is 0 Å². The van der Waals surface area contributed by atoms with Crippen molar-refractivity contribution >= 4 is 34.9 Å². The van der Waals surface area contributed by atoms with E-state index in [1.165, 1.54) is 25.7 Å². The minimum Gasteiger partial charge on any atom is -0.467 e. The number of nitrogens with zero attached hydrogens (tertiary/aromatic N) is 4. The molecule has 2 N–H and O–H groups in total. The van der Waals surface area contributed by atoms with Gasteiger partial charge in [-0.2, -0.15) is 9.97 Å². The zero-order valence-electron chi connectivity index (χ0n) is 17.9. The molecule has 2 fully saturated rings. The molecular weight excluding hydrogens is 396 g/mol. The second kappa shape index (κ2) is 9.64. The van der Waals surface area contributed by atoms with E-state index in [0.29, 0.717) is 29.4 Å². The van der Waals surface area contributed by atoms with Crippen LogP contribution in [-0.4, -0.2) is 41.3 Å². The van der Waals surface area contributed by atoms with Crippen molar-refractivity contribution in [1.29, 1.82) is 0 Å². The van der Waals surface area contributed by atoms with Gasteiger partial charge in [-0.1, -0.05) is 13.8 Å². The number of hydrogen-bond donors (Lipinski definition) is 2. The maximum atomic E-state index is 5.47. The van der Waals surface area contributed by atoms with Crippen molar-refractivity contribution in [3.8, 4) is 0 Å². The second-order valence-electron chi connectivity index (χ2n) is 8.69. The summed E-state index contributed by atoms with van der Waals surface area (Å²) >= 11 is 5.47. The van der Waals surface area contributed by atoms with E-state index in [-0.39, 0.29) is 0 Å². The molecule has 0 radical (unpaired) electrons. The molecule has 0 bridgehead atoms. The summed E-state index contributed by atoms with van der Waals surface area (Å²) < 4.78 is 5.36. The van der Waals surface area contributed by atoms with Crippen LogP contribution < -0.4 is 20.4 Å². The highest BCUT2D eigenvalue weighted by atomic mass is 32.1. The first-order valence-electron chi connectivity index (χ1n) is 11.0. The van der Waals surface area contributed by atoms with Gasteiger partial charge >= 0.3 is 0 Å². The van der Waals surface area contributed by atoms with Gasteiger partial charge in [0.15, 0.2) is 5.11 Å². The molecular formula is C22H32N6OS. The van der Waals surface area contributed by atoms with Gasteiger partial charge in [0.05, 0.1) is 12.8 Å². The second-order valence-corrected chi connectivity index (χ2v) is 9.10. The number of hydrogen-bond acceptors (Lipinski definition) is 6. The molecule has 0 unspecified atom stereocenters. The maximum absolute atomic E-state index is 5.47. The van der Waals surface area contributed by atoms with Crippen LogP contribution in [0.5, 0.6) is 0 Å². The molecule has 2 aliphatic rings. The molecule has 0 saturated carbocycles. The Morgan fingerprint density at radius 2 is 1.80 bits per heavy atom. The number of anilines is 3. The topological polar surface area (TPSA) is 69.5 Å². The molecule has 0 aromatic carbocycles. The van der Waals surface area contributed by atoms with Gasteiger partial charge in [0.2, 0.25) is 5.95 Å². The van der Waals surface area contributed by atoms with E-state index in [2.05, 4.69) is 40.3 Å². The monoisotopic (exact) mass is 428 g/mol. The van der Waals surface area contributed by atoms with Crippen molar-refractivity contribution in [1.82, 2.24) is 15.3 Å². The third-order valence-corrected chi connectivity index (χ3v) is 6.05. The minimum absolute atomic E-state index is 0.494. The Hall–Kier alpha value is -2.35. The van der Waals surface area contributed by atoms with Gasteiger partial charge in [0.25, 0.3) is 0 Å². The van der Waals surface area contributed by atoms with Crippen LogP contribution in [0.4, 0.5) is 17.6 Å². The fraction of sp³-hybridized carbons (Fsp3) is 0.591. The summed E-state index contributed by atoms with van der Waals surface area (Å²) in [7, 11) is 0. The molecule has 4 rings (SSSR count). The lowest BCUT2D eigenvalue weighted by molar-refractivity contribution is 0.355. The molecule has 2 aliphatic heterocycles. The SMILES string of the molecule is C[C@@H]1C[C@@H](C)CN(c2cc(N3CCCCC3)nc(NC(=S)NCc3ccco3)n2)C1. The zero-order valence-corrected chi connectivity index (χ0v) is 18.7. The lowest BCUT2D eigenvalue weighted by atomic mass is 9.92. The first kappa shape index (κ1) is 20.9. The fourth-order valence-corrected chi connectivity index (χ4v) is 4.66. The van der Waals surface area contributed by atoms with Crippen molar-refractivity contribution < 1.29 is 4.42 Å². The average molecular weight is 429 g/mol. The Morgan fingerprint density at radius 3 is 2.47 bits per heavy atom. The third kappa shape index (κ3) is 5.41. The summed E-state index contributed by atoms with van der Waals surface area (Å²) in [5.74, 6) is 4.68. The predicted octanol–water partition coefficient (Wildman–Crippen LogP) is 4.03. The van der Waals surface area contributed by atoms with Gasteiger partial charge < -0.3 is 24.9 Å². The van der Waals surface area contributed by atoms with Crippen molar-refractivity contribution in [2.24, 2.45) is 11.8 Å². The molecule has 162 valence electrons. The number of furan rings is 1. The Kier molecular flexibility index (Phi) is 6.72. The largest absolute Gasteiger partial charge is 0.467 e. The molecule has 0 spiro atoms. The van der Waals surface area contributed by atoms with Crippen LogP contribution in [0.3, 0.4) is 0 Å². The summed E-state index contributed by atoms with van der Waals surface area (Å²) in [5.41, 5.74) is 0. The van der Waals surface area contributed by atoms with Crippen molar-refractivity contribution in [2.45, 2.75) is 46.1 Å². The highest BCUT2D eigenvalue weighted by molar-refractivity contribution is 7.80. The molecule has 2 aromatic rings. The average Bonchev–Trinajstić information content (AvgIpc) is 3.26. The summed E-state index contributed by atoms with van der Waals surface area (Å²) in [4.78, 5) is 14.4. The summed E-state index contributed by atoms with van der Waals surface area (Å²) in [6.07, 6.45) is 6.64. The van der Waals surface area contributed by atoms with Crippen LogP contribution in [0, 0.1) is 11.8 Å². The van der Waals surface area contributed by atoms with Gasteiger partial charge in [-0.25, -0.2) is 0 Å². The smallest absolute Gasteiger partial charge is 0.232 e. The Bertz CT molecular complexity index is 826. The highest BCUT2D eigenvalue weighted by Crippen LogP contribution is 2.29. The standard InChI is InChI=1S/C22H32N6OS/c1-16-11-17(2)15-28(14-16)20-12-19(27-8-4-3-5-9-27)24-21(25-20)26-22(30)23-13-18-7-6-10-29-18/h6-7,10,12,16-17H,3-5,8-9,11,13-15H2,1-2H3,(H2,23,24,25,26,30)/t16-,17-/m1/s1. The van der Waals surface area contributed by atoms with E-state index in [1.54, 1.807) is 6.26 Å². The zero-order chi connectivity index (χ0) is 20.9. The minimum atomic E-state index is 0.494. The number of aromatic nitrogens is 2. The lowest BCUT2D eigenvalue weighted by Gasteiger charge is -2.36. The van der Waals surface area contributed by atoms with E-state index >= 15 is 0 Å². The van der Waals surface area contributed by atoms with E-state index in [4.69, 9.17) is 26.6 Å². The van der Waals surface area contributed by atoms with E-state index in [0.717, 1.165) is 43.6 Å². The Morgan fingerprint density at radius 1 is 1.10 bits per heavy atom. The van der Waals surface area contributed by atoms with E-state index in [9.17, 15) is 0 Å². The van der Waals surface area contributed by atoms with Gasteiger partial charge in [0.1, 0.15) is 17.4 Å². The molecule has 2 aromatic heterocycles. The first-order chi connectivity index (χ1) is 14.6. The molecule has 7 nitrogen and oxygen atoms in total. The fourth-order valence-electron chi connectivity index (χ4n) is 4.50. The molecule has 8 heteroatoms. The molecule has 30 heavy (non-hydrogen) atoms. The Balaban J connectivity index is 1.52. The lowest BCUT2D eigenvalue weighted by Crippen LogP contribution is -2.40. The summed E-state index contributed by atoms with van der Waals surface area (Å²) in [6, 6.07) is 5.94. The van der Waals surface area contributed by atoms with Gasteiger partial charge in [0, 0.05) is 32.2 Å². The summed E-state index contributed by atoms with van der Waals surface area (Å²) in [6.45, 7) is 9.32. The van der Waals surface area contributed by atoms with Crippen LogP contribution in [0.2, 0.25) is 0 Å². The predicted molar refractivity (Wildman–Crippen MR) is 125 cm³/mol. The van der Waals surface area contributed by atoms with Gasteiger partial charge in [-0.15, -0.1) is 0 Å². The molecule has 4 heterocycles. The van der Waals surface area contributed by atoms with Gasteiger partial charge in [-0.3, -0.25) is 0 Å². The van der Waals surface area contributed by atoms with E-state index in [1.807, 2.05) is 12.1 Å². The van der Waals surface area contributed by atoms with Crippen LogP contribution >= 0.6 is 12.2 Å². The number of nitrogens with one attached hydrogen (secondary N) is 2. The quantitative estimate of drug-likeness (QED) is 0.692. The summed E-state index contributed by atoms with van der Waals surface area (Å²) in [5, 5.41) is 6.85. The third-order valence-electron chi connectivity index (χ3n) is 5.80. The molecule has 2 saturated heterocycles. The van der Waals surface area contributed by atoms with Crippen LogP contribution in [0.15, 0.2) is 28.9 Å². The van der Waals surface area contributed by atoms with Crippen LogP contribution in [0.1, 0.15) is 45.3 Å². The number of piperidine rings is 2. The normalized spacial score (nSPS) is 22.1. The molecule has 2 atom stereocenters. The highest BCUT2D eigenvalue weighted by Gasteiger charge is 2.25. The number of rotatable bonds is 5. The molecule has 0 amide bonds. The first-order valence-corrected chi connectivity index (χ1v) is 11.4. The van der Waals surface area contributed by atoms with Crippen LogP contribution in [0.25, 0.3) is 0 Å². The van der Waals surface area contributed by atoms with Crippen molar-refractivity contribution in [3.05, 3.63) is 30.2 Å². The van der Waals surface area contributed by atoms with Crippen LogP contribution in [-0.2, 0) is 6.54 Å². The number of thiocarbonyl (C=S) groups is 1. The van der Waals surface area contributed by atoms with Gasteiger partial charge in [-0.05, 0) is 61.9 Å². The molecule has 0 aliphatic carbocycles. The van der Waals surface area contributed by atoms with Crippen molar-refractivity contribution in [3.63, 3.8) is 0 Å².